The minimum Gasteiger partial charge on any atom is -0.343 e. The molecule has 2 aliphatic carbocycles. The van der Waals surface area contributed by atoms with Crippen LogP contribution >= 0.6 is 0 Å². The molecule has 1 N–H and O–H groups in total. The molecular weight excluding hydrogens is 554 g/mol. The maximum Gasteiger partial charge on any atom is 0.309 e. The highest BCUT2D eigenvalue weighted by Gasteiger charge is 2.44. The molecule has 0 unspecified atom stereocenters. The minimum absolute atomic E-state index is 0.117. The Hall–Kier alpha value is -4.86. The van der Waals surface area contributed by atoms with Gasteiger partial charge in [-0.05, 0) is 79.5 Å². The molecule has 0 aliphatic heterocycles. The first-order valence-electron chi connectivity index (χ1n) is 15.2. The van der Waals surface area contributed by atoms with E-state index in [-0.39, 0.29) is 5.91 Å². The monoisotopic (exact) mass is 589 g/mol. The van der Waals surface area contributed by atoms with Crippen molar-refractivity contribution in [3.05, 3.63) is 82.3 Å². The van der Waals surface area contributed by atoms with Gasteiger partial charge < -0.3 is 14.5 Å². The number of aryl methyl sites for hydroxylation is 3. The summed E-state index contributed by atoms with van der Waals surface area (Å²) in [5.74, 6) is 0.362. The van der Waals surface area contributed by atoms with E-state index < -0.39 is 11.4 Å². The van der Waals surface area contributed by atoms with Crippen molar-refractivity contribution in [2.45, 2.75) is 56.4 Å². The average Bonchev–Trinajstić information content (AvgIpc) is 3.80. The Morgan fingerprint density at radius 2 is 1.80 bits per heavy atom. The molecule has 0 radical (unpaired) electrons. The van der Waals surface area contributed by atoms with E-state index in [1.54, 1.807) is 6.08 Å². The number of hydrogen-bond donors (Lipinski definition) is 1. The standard InChI is InChI=1S/C34H35N7O3/c1-39-20-24(19-35-39)31-30(22-7-4-5-8-22)25-12-11-23(18-27(25)40(31)2)32(43)37-34(15-6-16-34)33-36-26-13-9-21(10-14-29(42)38-44)17-28(26)41(33)3/h9-14,17-20,22H,4-8,15-16H2,1-3H3,(H,37,43)/b14-10+. The Balaban J connectivity index is 1.23. The van der Waals surface area contributed by atoms with Gasteiger partial charge in [-0.2, -0.15) is 5.10 Å². The van der Waals surface area contributed by atoms with Gasteiger partial charge in [-0.25, -0.2) is 4.98 Å². The van der Waals surface area contributed by atoms with E-state index in [1.807, 2.05) is 59.9 Å². The number of amides is 2. The van der Waals surface area contributed by atoms with Crippen LogP contribution in [0.4, 0.5) is 0 Å². The third-order valence-corrected chi connectivity index (χ3v) is 9.64. The van der Waals surface area contributed by atoms with Gasteiger partial charge in [0.05, 0.1) is 28.5 Å². The Morgan fingerprint density at radius 1 is 1.00 bits per heavy atom. The SMILES string of the molecule is Cn1cc(-c2c(C3CCCC3)c3ccc(C(=O)NC4(c5nc6ccc(/C=C/C(=O)N=O)cc6n5C)CCC4)cc3n2C)cn1. The molecule has 0 atom stereocenters. The molecule has 0 spiro atoms. The Kier molecular flexibility index (Phi) is 6.79. The van der Waals surface area contributed by atoms with E-state index in [0.29, 0.717) is 11.5 Å². The number of nitrogens with zero attached hydrogens (tertiary/aromatic N) is 6. The predicted octanol–water partition coefficient (Wildman–Crippen LogP) is 6.24. The van der Waals surface area contributed by atoms with Crippen LogP contribution in [0.5, 0.6) is 0 Å². The number of nitroso groups, excluding NO2 is 1. The quantitative estimate of drug-likeness (QED) is 0.178. The molecule has 44 heavy (non-hydrogen) atoms. The summed E-state index contributed by atoms with van der Waals surface area (Å²) in [5.41, 5.74) is 7.19. The van der Waals surface area contributed by atoms with E-state index in [0.717, 1.165) is 58.8 Å². The third-order valence-electron chi connectivity index (χ3n) is 9.64. The highest BCUT2D eigenvalue weighted by atomic mass is 16.3. The number of nitrogens with one attached hydrogen (secondary N) is 1. The lowest BCUT2D eigenvalue weighted by Gasteiger charge is -2.41. The normalized spacial score (nSPS) is 16.6. The van der Waals surface area contributed by atoms with Crippen LogP contribution in [-0.2, 0) is 31.5 Å². The van der Waals surface area contributed by atoms with Crippen molar-refractivity contribution in [3.63, 3.8) is 0 Å². The van der Waals surface area contributed by atoms with Crippen LogP contribution < -0.4 is 5.32 Å². The highest BCUT2D eigenvalue weighted by Crippen LogP contribution is 2.45. The van der Waals surface area contributed by atoms with Crippen molar-refractivity contribution in [1.29, 1.82) is 0 Å². The summed E-state index contributed by atoms with van der Waals surface area (Å²) in [6, 6.07) is 11.8. The molecule has 2 aliphatic rings. The molecule has 2 aromatic carbocycles. The van der Waals surface area contributed by atoms with Gasteiger partial charge in [-0.1, -0.05) is 25.0 Å². The van der Waals surface area contributed by atoms with E-state index >= 15 is 0 Å². The molecule has 5 aromatic rings. The average molecular weight is 590 g/mol. The van der Waals surface area contributed by atoms with Crippen molar-refractivity contribution in [2.75, 3.05) is 0 Å². The van der Waals surface area contributed by atoms with Gasteiger partial charge in [0.2, 0.25) is 0 Å². The van der Waals surface area contributed by atoms with Crippen LogP contribution in [0.3, 0.4) is 0 Å². The van der Waals surface area contributed by atoms with Crippen LogP contribution in [0.2, 0.25) is 0 Å². The smallest absolute Gasteiger partial charge is 0.309 e. The Labute approximate surface area is 254 Å². The van der Waals surface area contributed by atoms with Crippen LogP contribution in [0.25, 0.3) is 39.3 Å². The van der Waals surface area contributed by atoms with Gasteiger partial charge >= 0.3 is 5.91 Å². The minimum atomic E-state index is -0.830. The predicted molar refractivity (Wildman–Crippen MR) is 170 cm³/mol. The lowest BCUT2D eigenvalue weighted by molar-refractivity contribution is -0.113. The molecule has 3 heterocycles. The Morgan fingerprint density at radius 3 is 2.48 bits per heavy atom. The third kappa shape index (κ3) is 4.56. The molecule has 10 nitrogen and oxygen atoms in total. The lowest BCUT2D eigenvalue weighted by atomic mass is 9.75. The van der Waals surface area contributed by atoms with Crippen molar-refractivity contribution < 1.29 is 9.59 Å². The molecule has 0 bridgehead atoms. The van der Waals surface area contributed by atoms with E-state index in [2.05, 4.69) is 39.5 Å². The zero-order valence-corrected chi connectivity index (χ0v) is 25.2. The number of aromatic nitrogens is 5. The largest absolute Gasteiger partial charge is 0.343 e. The summed E-state index contributed by atoms with van der Waals surface area (Å²) in [5, 5.41) is 11.4. The fraction of sp³-hybridized carbons (Fsp3) is 0.353. The Bertz CT molecular complexity index is 1980. The van der Waals surface area contributed by atoms with E-state index in [1.165, 1.54) is 42.3 Å². The number of hydrogen-bond acceptors (Lipinski definition) is 5. The van der Waals surface area contributed by atoms with Gasteiger partial charge in [0.25, 0.3) is 5.91 Å². The summed E-state index contributed by atoms with van der Waals surface area (Å²) >= 11 is 0. The first-order valence-corrected chi connectivity index (χ1v) is 15.2. The fourth-order valence-corrected chi connectivity index (χ4v) is 7.29. The van der Waals surface area contributed by atoms with Gasteiger partial charge in [-0.15, -0.1) is 4.91 Å². The van der Waals surface area contributed by atoms with Crippen molar-refractivity contribution in [3.8, 4) is 11.3 Å². The molecule has 0 saturated heterocycles. The van der Waals surface area contributed by atoms with Crippen LogP contribution in [0, 0.1) is 4.91 Å². The second-order valence-electron chi connectivity index (χ2n) is 12.3. The number of rotatable bonds is 7. The van der Waals surface area contributed by atoms with Crippen molar-refractivity contribution >= 4 is 39.8 Å². The van der Waals surface area contributed by atoms with E-state index in [9.17, 15) is 14.5 Å². The topological polar surface area (TPSA) is 116 Å². The number of carbonyl (C=O) groups is 2. The maximum atomic E-state index is 13.9. The molecule has 2 amide bonds. The molecule has 2 fully saturated rings. The molecule has 7 rings (SSSR count). The lowest BCUT2D eigenvalue weighted by Crippen LogP contribution is -2.52. The molecule has 3 aromatic heterocycles. The zero-order chi connectivity index (χ0) is 30.6. The fourth-order valence-electron chi connectivity index (χ4n) is 7.29. The zero-order valence-electron chi connectivity index (χ0n) is 25.2. The molecular formula is C34H35N7O3. The highest BCUT2D eigenvalue weighted by molar-refractivity contribution is 6.01. The summed E-state index contributed by atoms with van der Waals surface area (Å²) in [6.07, 6.45) is 14.2. The van der Waals surface area contributed by atoms with Gasteiger partial charge in [0.15, 0.2) is 0 Å². The van der Waals surface area contributed by atoms with Crippen LogP contribution in [-0.4, -0.2) is 35.7 Å². The first-order chi connectivity index (χ1) is 21.3. The summed E-state index contributed by atoms with van der Waals surface area (Å²) in [6.45, 7) is 0. The van der Waals surface area contributed by atoms with Crippen LogP contribution in [0.15, 0.2) is 60.0 Å². The molecule has 224 valence electrons. The molecule has 10 heteroatoms. The number of imidazole rings is 1. The summed E-state index contributed by atoms with van der Waals surface area (Å²) in [7, 11) is 5.98. The van der Waals surface area contributed by atoms with Gasteiger partial charge in [0, 0.05) is 60.6 Å². The second-order valence-corrected chi connectivity index (χ2v) is 12.3. The summed E-state index contributed by atoms with van der Waals surface area (Å²) in [4.78, 5) is 40.6. The number of carbonyl (C=O) groups excluding carboxylic acids is 2. The number of fused-ring (bicyclic) bond motifs is 2. The second kappa shape index (κ2) is 10.7. The van der Waals surface area contributed by atoms with Gasteiger partial charge in [-0.3, -0.25) is 14.3 Å². The maximum absolute atomic E-state index is 13.9. The molecule has 2 saturated carbocycles. The number of benzene rings is 2. The van der Waals surface area contributed by atoms with Gasteiger partial charge in [0.1, 0.15) is 5.82 Å². The first kappa shape index (κ1) is 27.9. The van der Waals surface area contributed by atoms with E-state index in [4.69, 9.17) is 4.98 Å². The van der Waals surface area contributed by atoms with Crippen LogP contribution in [0.1, 0.15) is 78.2 Å². The van der Waals surface area contributed by atoms with Crippen molar-refractivity contribution in [2.24, 2.45) is 26.3 Å². The summed E-state index contributed by atoms with van der Waals surface area (Å²) < 4.78 is 6.08. The van der Waals surface area contributed by atoms with Crippen molar-refractivity contribution in [1.82, 2.24) is 29.2 Å².